The molecule has 1 rings (SSSR count). The maximum Gasteiger partial charge on any atom is 0.441 e. The molecule has 1 N–H and O–H groups in total. The van der Waals surface area contributed by atoms with E-state index in [9.17, 15) is 18.3 Å². The van der Waals surface area contributed by atoms with Crippen molar-refractivity contribution in [2.45, 2.75) is 25.5 Å². The molecule has 0 saturated carbocycles. The lowest BCUT2D eigenvalue weighted by atomic mass is 10.1. The summed E-state index contributed by atoms with van der Waals surface area (Å²) in [6.45, 7) is 3.44. The molecule has 0 bridgehead atoms. The van der Waals surface area contributed by atoms with Gasteiger partial charge in [-0.05, 0) is 48.9 Å². The highest BCUT2D eigenvalue weighted by Crippen LogP contribution is 2.30. The van der Waals surface area contributed by atoms with Crippen LogP contribution in [-0.4, -0.2) is 23.0 Å². The Morgan fingerprint density at radius 3 is 2.56 bits per heavy atom. The predicted octanol–water partition coefficient (Wildman–Crippen LogP) is 3.68. The Bertz CT molecular complexity index is 391. The first kappa shape index (κ1) is 15.2. The number of halogens is 3. The fourth-order valence-electron chi connectivity index (χ4n) is 1.40. The van der Waals surface area contributed by atoms with E-state index in [0.717, 1.165) is 11.1 Å². The van der Waals surface area contributed by atoms with E-state index in [0.29, 0.717) is 5.75 Å². The Hall–Kier alpha value is -0.880. The quantitative estimate of drug-likeness (QED) is 0.834. The Morgan fingerprint density at radius 2 is 2.06 bits per heavy atom. The van der Waals surface area contributed by atoms with Crippen molar-refractivity contribution >= 4 is 11.8 Å². The second-order valence-corrected chi connectivity index (χ2v) is 5.00. The number of aryl methyl sites for hydroxylation is 1. The largest absolute Gasteiger partial charge is 0.492 e. The first-order valence-corrected chi connectivity index (χ1v) is 6.40. The van der Waals surface area contributed by atoms with Crippen LogP contribution >= 0.6 is 11.8 Å². The summed E-state index contributed by atoms with van der Waals surface area (Å²) in [7, 11) is 0. The van der Waals surface area contributed by atoms with Crippen molar-refractivity contribution < 1.29 is 23.0 Å². The van der Waals surface area contributed by atoms with Crippen molar-refractivity contribution in [3.05, 3.63) is 29.3 Å². The molecule has 2 nitrogen and oxygen atoms in total. The highest BCUT2D eigenvalue weighted by atomic mass is 32.2. The Morgan fingerprint density at radius 1 is 1.39 bits per heavy atom. The van der Waals surface area contributed by atoms with Gasteiger partial charge in [-0.2, -0.15) is 13.2 Å². The van der Waals surface area contributed by atoms with Crippen LogP contribution in [0.1, 0.15) is 24.2 Å². The Balaban J connectivity index is 2.48. The van der Waals surface area contributed by atoms with Crippen molar-refractivity contribution in [3.8, 4) is 5.75 Å². The summed E-state index contributed by atoms with van der Waals surface area (Å²) in [6.07, 6.45) is -0.571. The minimum absolute atomic E-state index is 0.000950. The molecule has 0 radical (unpaired) electrons. The minimum Gasteiger partial charge on any atom is -0.492 e. The van der Waals surface area contributed by atoms with Gasteiger partial charge in [-0.25, -0.2) is 0 Å². The molecule has 0 aliphatic carbocycles. The number of hydrogen-bond donors (Lipinski definition) is 1. The third kappa shape index (κ3) is 5.18. The van der Waals surface area contributed by atoms with Crippen LogP contribution in [0, 0.1) is 6.92 Å². The van der Waals surface area contributed by atoms with Crippen LogP contribution in [-0.2, 0) is 0 Å². The SMILES string of the molecule is Cc1cc(C(C)O)ccc1OCCSC(F)(F)F. The molecule has 1 aromatic rings. The summed E-state index contributed by atoms with van der Waals surface area (Å²) in [5.74, 6) is 0.406. The normalized spacial score (nSPS) is 13.4. The van der Waals surface area contributed by atoms with E-state index in [1.807, 2.05) is 0 Å². The number of aliphatic hydroxyl groups is 1. The van der Waals surface area contributed by atoms with Crippen molar-refractivity contribution in [2.24, 2.45) is 0 Å². The maximum absolute atomic E-state index is 11.9. The van der Waals surface area contributed by atoms with Crippen LogP contribution in [0.4, 0.5) is 13.2 Å². The highest BCUT2D eigenvalue weighted by molar-refractivity contribution is 8.00. The molecule has 18 heavy (non-hydrogen) atoms. The van der Waals surface area contributed by atoms with E-state index in [2.05, 4.69) is 0 Å². The smallest absolute Gasteiger partial charge is 0.441 e. The Labute approximate surface area is 108 Å². The zero-order valence-electron chi connectivity index (χ0n) is 10.1. The number of benzene rings is 1. The van der Waals surface area contributed by atoms with Crippen LogP contribution in [0.5, 0.6) is 5.75 Å². The third-order valence-electron chi connectivity index (χ3n) is 2.29. The van der Waals surface area contributed by atoms with Crippen LogP contribution in [0.15, 0.2) is 18.2 Å². The molecule has 0 aromatic heterocycles. The van der Waals surface area contributed by atoms with Crippen LogP contribution in [0.3, 0.4) is 0 Å². The summed E-state index contributed by atoms with van der Waals surface area (Å²) in [6, 6.07) is 5.12. The predicted molar refractivity (Wildman–Crippen MR) is 65.8 cm³/mol. The molecule has 0 aliphatic heterocycles. The van der Waals surface area contributed by atoms with Gasteiger partial charge in [-0.1, -0.05) is 6.07 Å². The topological polar surface area (TPSA) is 29.5 Å². The molecule has 6 heteroatoms. The Kier molecular flexibility index (Phi) is 5.34. The number of rotatable bonds is 5. The average Bonchev–Trinajstić information content (AvgIpc) is 2.24. The molecular formula is C12H15F3O2S. The van der Waals surface area contributed by atoms with Crippen molar-refractivity contribution in [1.82, 2.24) is 0 Å². The molecule has 1 atom stereocenters. The summed E-state index contributed by atoms with van der Waals surface area (Å²) in [5, 5.41) is 9.37. The van der Waals surface area contributed by atoms with Gasteiger partial charge in [0.2, 0.25) is 0 Å². The van der Waals surface area contributed by atoms with Gasteiger partial charge in [0.05, 0.1) is 12.7 Å². The van der Waals surface area contributed by atoms with Gasteiger partial charge in [-0.15, -0.1) is 0 Å². The van der Waals surface area contributed by atoms with E-state index in [1.54, 1.807) is 32.0 Å². The number of ether oxygens (including phenoxy) is 1. The molecule has 0 saturated heterocycles. The van der Waals surface area contributed by atoms with Crippen LogP contribution in [0.25, 0.3) is 0 Å². The van der Waals surface area contributed by atoms with Gasteiger partial charge in [-0.3, -0.25) is 0 Å². The van der Waals surface area contributed by atoms with Gasteiger partial charge >= 0.3 is 5.51 Å². The summed E-state index contributed by atoms with van der Waals surface area (Å²) < 4.78 is 40.9. The zero-order chi connectivity index (χ0) is 13.8. The lowest BCUT2D eigenvalue weighted by Crippen LogP contribution is -2.08. The van der Waals surface area contributed by atoms with Gasteiger partial charge in [0.1, 0.15) is 5.75 Å². The molecule has 1 aromatic carbocycles. The van der Waals surface area contributed by atoms with Gasteiger partial charge < -0.3 is 9.84 Å². The van der Waals surface area contributed by atoms with Crippen molar-refractivity contribution in [2.75, 3.05) is 12.4 Å². The lowest BCUT2D eigenvalue weighted by Gasteiger charge is -2.12. The standard InChI is InChI=1S/C12H15F3O2S/c1-8-7-10(9(2)16)3-4-11(8)17-5-6-18-12(13,14)15/h3-4,7,9,16H,5-6H2,1-2H3. The third-order valence-corrected chi connectivity index (χ3v) is 2.99. The van der Waals surface area contributed by atoms with E-state index in [-0.39, 0.29) is 24.1 Å². The molecular weight excluding hydrogens is 265 g/mol. The monoisotopic (exact) mass is 280 g/mol. The average molecular weight is 280 g/mol. The van der Waals surface area contributed by atoms with E-state index in [4.69, 9.17) is 4.74 Å². The number of thioether (sulfide) groups is 1. The molecule has 0 heterocycles. The van der Waals surface area contributed by atoms with Gasteiger partial charge in [0, 0.05) is 5.75 Å². The molecule has 0 aliphatic rings. The van der Waals surface area contributed by atoms with Gasteiger partial charge in [0.15, 0.2) is 0 Å². The van der Waals surface area contributed by atoms with E-state index < -0.39 is 11.6 Å². The van der Waals surface area contributed by atoms with Crippen molar-refractivity contribution in [3.63, 3.8) is 0 Å². The first-order chi connectivity index (χ1) is 8.29. The molecule has 0 spiro atoms. The second-order valence-electron chi connectivity index (χ2n) is 3.84. The van der Waals surface area contributed by atoms with E-state index in [1.165, 1.54) is 0 Å². The van der Waals surface area contributed by atoms with Gasteiger partial charge in [0.25, 0.3) is 0 Å². The summed E-state index contributed by atoms with van der Waals surface area (Å²) in [5.41, 5.74) is -2.66. The molecule has 1 unspecified atom stereocenters. The number of hydrogen-bond acceptors (Lipinski definition) is 3. The highest BCUT2D eigenvalue weighted by Gasteiger charge is 2.27. The fraction of sp³-hybridized carbons (Fsp3) is 0.500. The zero-order valence-corrected chi connectivity index (χ0v) is 10.9. The second kappa shape index (κ2) is 6.33. The number of alkyl halides is 3. The maximum atomic E-state index is 11.9. The summed E-state index contributed by atoms with van der Waals surface area (Å²) >= 11 is -0.0983. The lowest BCUT2D eigenvalue weighted by molar-refractivity contribution is -0.0329. The van der Waals surface area contributed by atoms with Crippen LogP contribution in [0.2, 0.25) is 0 Å². The first-order valence-electron chi connectivity index (χ1n) is 5.41. The summed E-state index contributed by atoms with van der Waals surface area (Å²) in [4.78, 5) is 0. The molecule has 0 amide bonds. The number of aliphatic hydroxyl groups excluding tert-OH is 1. The fourth-order valence-corrected chi connectivity index (χ4v) is 1.80. The van der Waals surface area contributed by atoms with Crippen LogP contribution < -0.4 is 4.74 Å². The van der Waals surface area contributed by atoms with E-state index >= 15 is 0 Å². The van der Waals surface area contributed by atoms with Crippen molar-refractivity contribution in [1.29, 1.82) is 0 Å². The molecule has 102 valence electrons. The molecule has 0 fully saturated rings. The minimum atomic E-state index is -4.21.